The second-order valence-electron chi connectivity index (χ2n) is 6.06. The highest BCUT2D eigenvalue weighted by Gasteiger charge is 2.39. The Kier molecular flexibility index (Phi) is 4.35. The molecule has 7 heteroatoms. The van der Waals surface area contributed by atoms with Crippen LogP contribution in [0.4, 0.5) is 0 Å². The molecule has 1 aromatic carbocycles. The highest BCUT2D eigenvalue weighted by Crippen LogP contribution is 2.24. The van der Waals surface area contributed by atoms with E-state index in [9.17, 15) is 14.7 Å². The largest absolute Gasteiger partial charge is 0.491 e. The van der Waals surface area contributed by atoms with Gasteiger partial charge in [0.15, 0.2) is 0 Å². The van der Waals surface area contributed by atoms with Gasteiger partial charge in [-0.05, 0) is 31.5 Å². The molecule has 1 saturated heterocycles. The number of β-amino-alcohol motifs (C(OH)–C–C–N with tert-alkyl or cyclic N) is 1. The van der Waals surface area contributed by atoms with Crippen LogP contribution in [0.2, 0.25) is 0 Å². The number of amides is 1. The summed E-state index contributed by atoms with van der Waals surface area (Å²) < 4.78 is 5.61. The number of carbonyl (C=O) groups excluding carboxylic acids is 1. The summed E-state index contributed by atoms with van der Waals surface area (Å²) in [6.45, 7) is 2.32. The average molecular weight is 329 g/mol. The van der Waals surface area contributed by atoms with E-state index in [4.69, 9.17) is 4.74 Å². The average Bonchev–Trinajstić information content (AvgIpc) is 2.95. The zero-order chi connectivity index (χ0) is 17.2. The lowest BCUT2D eigenvalue weighted by Crippen LogP contribution is -2.41. The molecule has 0 radical (unpaired) electrons. The van der Waals surface area contributed by atoms with Crippen LogP contribution in [-0.4, -0.2) is 51.2 Å². The lowest BCUT2D eigenvalue weighted by atomic mass is 10.1. The Hall–Kier alpha value is -2.67. The maximum Gasteiger partial charge on any atom is 0.345 e. The number of benzene rings is 1. The van der Waals surface area contributed by atoms with Crippen LogP contribution >= 0.6 is 0 Å². The van der Waals surface area contributed by atoms with Crippen molar-refractivity contribution in [1.29, 1.82) is 0 Å². The van der Waals surface area contributed by atoms with Gasteiger partial charge in [-0.1, -0.05) is 18.2 Å². The quantitative estimate of drug-likeness (QED) is 0.862. The number of para-hydroxylation sites is 1. The monoisotopic (exact) mass is 329 g/mol. The Morgan fingerprint density at radius 3 is 2.88 bits per heavy atom. The molecule has 7 nitrogen and oxygen atoms in total. The fourth-order valence-corrected chi connectivity index (χ4v) is 2.73. The fourth-order valence-electron chi connectivity index (χ4n) is 2.73. The molecular weight excluding hydrogens is 310 g/mol. The number of hydrogen-bond donors (Lipinski definition) is 2. The van der Waals surface area contributed by atoms with Crippen molar-refractivity contribution in [2.24, 2.45) is 0 Å². The van der Waals surface area contributed by atoms with Crippen LogP contribution in [0.15, 0.2) is 41.2 Å². The molecule has 24 heavy (non-hydrogen) atoms. The van der Waals surface area contributed by atoms with Crippen LogP contribution < -0.4 is 10.4 Å². The Balaban J connectivity index is 1.65. The summed E-state index contributed by atoms with van der Waals surface area (Å²) in [6.07, 6.45) is 0.410. The van der Waals surface area contributed by atoms with Crippen LogP contribution in [0.3, 0.4) is 0 Å². The summed E-state index contributed by atoms with van der Waals surface area (Å²) in [5.41, 5.74) is -1.01. The van der Waals surface area contributed by atoms with E-state index in [0.29, 0.717) is 24.4 Å². The molecule has 0 bridgehead atoms. The number of aromatic nitrogens is 2. The van der Waals surface area contributed by atoms with Gasteiger partial charge >= 0.3 is 5.69 Å². The van der Waals surface area contributed by atoms with E-state index >= 15 is 0 Å². The van der Waals surface area contributed by atoms with Crippen molar-refractivity contribution in [1.82, 2.24) is 14.9 Å². The fraction of sp³-hybridized carbons (Fsp3) is 0.353. The van der Waals surface area contributed by atoms with Crippen molar-refractivity contribution in [2.75, 3.05) is 19.7 Å². The third-order valence-electron chi connectivity index (χ3n) is 3.97. The molecule has 2 aromatic rings. The van der Waals surface area contributed by atoms with Crippen LogP contribution in [0.25, 0.3) is 0 Å². The molecule has 1 unspecified atom stereocenters. The van der Waals surface area contributed by atoms with Crippen molar-refractivity contribution in [2.45, 2.75) is 18.9 Å². The first-order chi connectivity index (χ1) is 11.5. The Morgan fingerprint density at radius 2 is 2.17 bits per heavy atom. The minimum atomic E-state index is -1.11. The maximum atomic E-state index is 12.5. The third kappa shape index (κ3) is 3.62. The number of nitrogens with zero attached hydrogens (tertiary/aromatic N) is 2. The van der Waals surface area contributed by atoms with E-state index in [1.54, 1.807) is 6.92 Å². The molecule has 1 fully saturated rings. The van der Waals surface area contributed by atoms with Gasteiger partial charge in [0, 0.05) is 12.2 Å². The Bertz CT molecular complexity index is 790. The van der Waals surface area contributed by atoms with E-state index in [2.05, 4.69) is 9.97 Å². The third-order valence-corrected chi connectivity index (χ3v) is 3.97. The standard InChI is InChI=1S/C17H19N3O4/c1-12-9-14(19-16(22)18-12)15(21)20-8-7-17(23,10-20)11-24-13-5-3-2-4-6-13/h2-6,9,23H,7-8,10-11H2,1H3,(H,18,19,22). The van der Waals surface area contributed by atoms with Crippen LogP contribution in [-0.2, 0) is 0 Å². The lowest BCUT2D eigenvalue weighted by Gasteiger charge is -2.23. The minimum absolute atomic E-state index is 0.0875. The number of carbonyl (C=O) groups is 1. The molecule has 0 saturated carbocycles. The molecule has 1 amide bonds. The molecule has 1 atom stereocenters. The number of rotatable bonds is 4. The zero-order valence-corrected chi connectivity index (χ0v) is 13.4. The van der Waals surface area contributed by atoms with Crippen LogP contribution in [0, 0.1) is 6.92 Å². The molecule has 2 N–H and O–H groups in total. The van der Waals surface area contributed by atoms with E-state index < -0.39 is 11.3 Å². The van der Waals surface area contributed by atoms with Gasteiger partial charge in [-0.2, -0.15) is 4.98 Å². The minimum Gasteiger partial charge on any atom is -0.491 e. The van der Waals surface area contributed by atoms with Crippen LogP contribution in [0.5, 0.6) is 5.75 Å². The number of likely N-dealkylation sites (tertiary alicyclic amines) is 1. The van der Waals surface area contributed by atoms with Crippen molar-refractivity contribution in [3.05, 3.63) is 58.3 Å². The Morgan fingerprint density at radius 1 is 1.42 bits per heavy atom. The number of ether oxygens (including phenoxy) is 1. The van der Waals surface area contributed by atoms with E-state index in [1.165, 1.54) is 11.0 Å². The summed E-state index contributed by atoms with van der Waals surface area (Å²) in [7, 11) is 0. The summed E-state index contributed by atoms with van der Waals surface area (Å²) in [6, 6.07) is 10.7. The highest BCUT2D eigenvalue weighted by atomic mass is 16.5. The first-order valence-electron chi connectivity index (χ1n) is 7.73. The normalized spacial score (nSPS) is 20.2. The lowest BCUT2D eigenvalue weighted by molar-refractivity contribution is 0.00425. The first kappa shape index (κ1) is 16.2. The van der Waals surface area contributed by atoms with E-state index in [1.807, 2.05) is 30.3 Å². The van der Waals surface area contributed by atoms with Crippen molar-refractivity contribution in [3.63, 3.8) is 0 Å². The van der Waals surface area contributed by atoms with Crippen molar-refractivity contribution >= 4 is 5.91 Å². The maximum absolute atomic E-state index is 12.5. The highest BCUT2D eigenvalue weighted by molar-refractivity contribution is 5.92. The molecule has 2 heterocycles. The summed E-state index contributed by atoms with van der Waals surface area (Å²) in [4.78, 5) is 31.6. The number of aromatic amines is 1. The van der Waals surface area contributed by atoms with Gasteiger partial charge in [-0.15, -0.1) is 0 Å². The van der Waals surface area contributed by atoms with E-state index in [-0.39, 0.29) is 24.8 Å². The topological polar surface area (TPSA) is 95.5 Å². The smallest absolute Gasteiger partial charge is 0.345 e. The molecule has 0 aliphatic carbocycles. The van der Waals surface area contributed by atoms with Gasteiger partial charge in [0.05, 0.1) is 6.54 Å². The predicted molar refractivity (Wildman–Crippen MR) is 87.0 cm³/mol. The van der Waals surface area contributed by atoms with Crippen molar-refractivity contribution in [3.8, 4) is 5.75 Å². The summed E-state index contributed by atoms with van der Waals surface area (Å²) in [5.74, 6) is 0.308. The zero-order valence-electron chi connectivity index (χ0n) is 13.4. The second kappa shape index (κ2) is 6.45. The molecule has 1 aliphatic heterocycles. The molecule has 3 rings (SSSR count). The van der Waals surface area contributed by atoms with E-state index in [0.717, 1.165) is 0 Å². The molecule has 0 spiro atoms. The number of hydrogen-bond acceptors (Lipinski definition) is 5. The van der Waals surface area contributed by atoms with Gasteiger partial charge in [-0.3, -0.25) is 4.79 Å². The van der Waals surface area contributed by atoms with Crippen LogP contribution in [0.1, 0.15) is 22.6 Å². The van der Waals surface area contributed by atoms with Gasteiger partial charge in [0.1, 0.15) is 23.7 Å². The predicted octanol–water partition coefficient (Wildman–Crippen LogP) is 0.734. The molecular formula is C17H19N3O4. The second-order valence-corrected chi connectivity index (χ2v) is 6.06. The van der Waals surface area contributed by atoms with Gasteiger partial charge in [0.2, 0.25) is 0 Å². The first-order valence-corrected chi connectivity index (χ1v) is 7.73. The van der Waals surface area contributed by atoms with Gasteiger partial charge < -0.3 is 19.7 Å². The number of aryl methyl sites for hydroxylation is 1. The number of aliphatic hydroxyl groups is 1. The summed E-state index contributed by atoms with van der Waals surface area (Å²) in [5, 5.41) is 10.6. The number of H-pyrrole nitrogens is 1. The molecule has 126 valence electrons. The van der Waals surface area contributed by atoms with Gasteiger partial charge in [-0.25, -0.2) is 4.79 Å². The summed E-state index contributed by atoms with van der Waals surface area (Å²) >= 11 is 0. The SMILES string of the molecule is Cc1cc(C(=O)N2CCC(O)(COc3ccccc3)C2)nc(=O)[nH]1. The Labute approximate surface area is 138 Å². The number of nitrogens with one attached hydrogen (secondary N) is 1. The van der Waals surface area contributed by atoms with Gasteiger partial charge in [0.25, 0.3) is 5.91 Å². The molecule has 1 aliphatic rings. The molecule has 1 aromatic heterocycles. The van der Waals surface area contributed by atoms with Crippen molar-refractivity contribution < 1.29 is 14.6 Å².